The summed E-state index contributed by atoms with van der Waals surface area (Å²) in [4.78, 5) is 16.5. The summed E-state index contributed by atoms with van der Waals surface area (Å²) in [6.07, 6.45) is 2.16. The normalized spacial score (nSPS) is 23.3. The third-order valence-electron chi connectivity index (χ3n) is 3.23. The highest BCUT2D eigenvalue weighted by Crippen LogP contribution is 2.26. The lowest BCUT2D eigenvalue weighted by atomic mass is 9.99. The van der Waals surface area contributed by atoms with Gasteiger partial charge in [0.05, 0.1) is 12.1 Å². The SMILES string of the molecule is CCC(C)(NC(=O)C1CNCCO1)c1nccs1. The molecule has 2 heterocycles. The van der Waals surface area contributed by atoms with Crippen LogP contribution in [0.1, 0.15) is 25.3 Å². The number of amides is 1. The average molecular weight is 269 g/mol. The molecule has 0 saturated carbocycles. The highest BCUT2D eigenvalue weighted by atomic mass is 32.1. The van der Waals surface area contributed by atoms with Crippen LogP contribution in [0.5, 0.6) is 0 Å². The van der Waals surface area contributed by atoms with Gasteiger partial charge in [0, 0.05) is 24.7 Å². The van der Waals surface area contributed by atoms with E-state index < -0.39 is 11.6 Å². The number of nitrogens with zero attached hydrogens (tertiary/aromatic N) is 1. The van der Waals surface area contributed by atoms with E-state index >= 15 is 0 Å². The van der Waals surface area contributed by atoms with Crippen LogP contribution in [0.4, 0.5) is 0 Å². The predicted octanol–water partition coefficient (Wildman–Crippen LogP) is 0.873. The van der Waals surface area contributed by atoms with Crippen molar-refractivity contribution in [3.63, 3.8) is 0 Å². The minimum Gasteiger partial charge on any atom is -0.366 e. The standard InChI is InChI=1S/C12H19N3O2S/c1-3-12(2,11-14-5-7-18-11)15-10(16)9-8-13-4-6-17-9/h5,7,9,13H,3-4,6,8H2,1-2H3,(H,15,16). The first-order chi connectivity index (χ1) is 8.65. The Balaban J connectivity index is 2.03. The van der Waals surface area contributed by atoms with Gasteiger partial charge in [-0.15, -0.1) is 11.3 Å². The van der Waals surface area contributed by atoms with E-state index in [9.17, 15) is 4.79 Å². The van der Waals surface area contributed by atoms with Crippen molar-refractivity contribution >= 4 is 17.2 Å². The van der Waals surface area contributed by atoms with Crippen LogP contribution in [0, 0.1) is 0 Å². The number of rotatable bonds is 4. The van der Waals surface area contributed by atoms with Gasteiger partial charge in [-0.2, -0.15) is 0 Å². The Morgan fingerprint density at radius 3 is 3.17 bits per heavy atom. The van der Waals surface area contributed by atoms with E-state index in [0.717, 1.165) is 18.0 Å². The molecule has 100 valence electrons. The first-order valence-corrected chi connectivity index (χ1v) is 7.08. The maximum atomic E-state index is 12.2. The van der Waals surface area contributed by atoms with Gasteiger partial charge in [-0.3, -0.25) is 4.79 Å². The Kier molecular flexibility index (Phi) is 4.31. The predicted molar refractivity (Wildman–Crippen MR) is 70.5 cm³/mol. The number of ether oxygens (including phenoxy) is 1. The highest BCUT2D eigenvalue weighted by molar-refractivity contribution is 7.09. The summed E-state index contributed by atoms with van der Waals surface area (Å²) < 4.78 is 5.46. The van der Waals surface area contributed by atoms with E-state index in [4.69, 9.17) is 4.74 Å². The lowest BCUT2D eigenvalue weighted by Crippen LogP contribution is -2.53. The number of thiazole rings is 1. The number of hydrogen-bond acceptors (Lipinski definition) is 5. The van der Waals surface area contributed by atoms with Crippen molar-refractivity contribution in [2.75, 3.05) is 19.7 Å². The van der Waals surface area contributed by atoms with Gasteiger partial charge < -0.3 is 15.4 Å². The van der Waals surface area contributed by atoms with Gasteiger partial charge in [-0.05, 0) is 13.3 Å². The summed E-state index contributed by atoms with van der Waals surface area (Å²) in [5.41, 5.74) is -0.411. The Labute approximate surface area is 111 Å². The molecule has 1 aliphatic heterocycles. The quantitative estimate of drug-likeness (QED) is 0.851. The van der Waals surface area contributed by atoms with Crippen molar-refractivity contribution in [3.8, 4) is 0 Å². The van der Waals surface area contributed by atoms with E-state index in [2.05, 4.69) is 15.6 Å². The van der Waals surface area contributed by atoms with E-state index in [1.54, 1.807) is 17.5 Å². The van der Waals surface area contributed by atoms with Crippen LogP contribution in [0.25, 0.3) is 0 Å². The first-order valence-electron chi connectivity index (χ1n) is 6.20. The van der Waals surface area contributed by atoms with Crippen LogP contribution in [-0.2, 0) is 15.1 Å². The zero-order chi connectivity index (χ0) is 13.0. The van der Waals surface area contributed by atoms with Gasteiger partial charge in [0.25, 0.3) is 5.91 Å². The van der Waals surface area contributed by atoms with Gasteiger partial charge in [0.2, 0.25) is 0 Å². The molecule has 2 rings (SSSR count). The molecule has 1 aromatic rings. The van der Waals surface area contributed by atoms with Crippen LogP contribution in [0.15, 0.2) is 11.6 Å². The monoisotopic (exact) mass is 269 g/mol. The Morgan fingerprint density at radius 1 is 1.78 bits per heavy atom. The zero-order valence-corrected chi connectivity index (χ0v) is 11.5. The molecule has 0 aliphatic carbocycles. The van der Waals surface area contributed by atoms with E-state index in [1.165, 1.54) is 0 Å². The number of carbonyl (C=O) groups excluding carboxylic acids is 1. The van der Waals surface area contributed by atoms with Crippen molar-refractivity contribution in [2.24, 2.45) is 0 Å². The lowest BCUT2D eigenvalue weighted by Gasteiger charge is -2.31. The Bertz CT molecular complexity index is 390. The molecule has 0 aromatic carbocycles. The lowest BCUT2D eigenvalue weighted by molar-refractivity contribution is -0.136. The van der Waals surface area contributed by atoms with E-state index in [-0.39, 0.29) is 5.91 Å². The van der Waals surface area contributed by atoms with Gasteiger partial charge in [-0.1, -0.05) is 6.92 Å². The topological polar surface area (TPSA) is 63.2 Å². The maximum absolute atomic E-state index is 12.2. The van der Waals surface area contributed by atoms with Crippen molar-refractivity contribution in [1.82, 2.24) is 15.6 Å². The van der Waals surface area contributed by atoms with Crippen LogP contribution in [0.3, 0.4) is 0 Å². The van der Waals surface area contributed by atoms with Gasteiger partial charge in [0.1, 0.15) is 11.1 Å². The Morgan fingerprint density at radius 2 is 2.61 bits per heavy atom. The number of carbonyl (C=O) groups is 1. The number of aromatic nitrogens is 1. The second-order valence-electron chi connectivity index (χ2n) is 4.58. The van der Waals surface area contributed by atoms with E-state index in [0.29, 0.717) is 13.2 Å². The van der Waals surface area contributed by atoms with Crippen LogP contribution < -0.4 is 10.6 Å². The summed E-state index contributed by atoms with van der Waals surface area (Å²) in [6.45, 7) is 6.00. The number of hydrogen-bond donors (Lipinski definition) is 2. The summed E-state index contributed by atoms with van der Waals surface area (Å²) >= 11 is 1.56. The fourth-order valence-electron chi connectivity index (χ4n) is 1.88. The van der Waals surface area contributed by atoms with Crippen LogP contribution in [-0.4, -0.2) is 36.7 Å². The van der Waals surface area contributed by atoms with Gasteiger partial charge in [-0.25, -0.2) is 4.98 Å². The molecule has 1 fully saturated rings. The molecule has 5 nitrogen and oxygen atoms in total. The molecule has 1 saturated heterocycles. The molecule has 1 aliphatic rings. The van der Waals surface area contributed by atoms with Crippen molar-refractivity contribution in [3.05, 3.63) is 16.6 Å². The molecule has 2 unspecified atom stereocenters. The smallest absolute Gasteiger partial charge is 0.251 e. The van der Waals surface area contributed by atoms with Crippen molar-refractivity contribution in [1.29, 1.82) is 0 Å². The molecular weight excluding hydrogens is 250 g/mol. The maximum Gasteiger partial charge on any atom is 0.251 e. The molecule has 0 radical (unpaired) electrons. The second kappa shape index (κ2) is 5.77. The zero-order valence-electron chi connectivity index (χ0n) is 10.7. The Hall–Kier alpha value is -0.980. The number of nitrogens with one attached hydrogen (secondary N) is 2. The molecule has 2 atom stereocenters. The second-order valence-corrected chi connectivity index (χ2v) is 5.47. The first kappa shape index (κ1) is 13.5. The minimum absolute atomic E-state index is 0.0678. The average Bonchev–Trinajstić information content (AvgIpc) is 2.94. The molecule has 18 heavy (non-hydrogen) atoms. The summed E-state index contributed by atoms with van der Waals surface area (Å²) in [5, 5.41) is 9.07. The van der Waals surface area contributed by atoms with Gasteiger partial charge in [0.15, 0.2) is 0 Å². The minimum atomic E-state index is -0.411. The third-order valence-corrected chi connectivity index (χ3v) is 4.27. The molecule has 2 N–H and O–H groups in total. The summed E-state index contributed by atoms with van der Waals surface area (Å²) in [7, 11) is 0. The van der Waals surface area contributed by atoms with Crippen LogP contribution >= 0.6 is 11.3 Å². The molecule has 6 heteroatoms. The highest BCUT2D eigenvalue weighted by Gasteiger charge is 2.32. The molecule has 1 aromatic heterocycles. The molecule has 0 bridgehead atoms. The van der Waals surface area contributed by atoms with Gasteiger partial charge >= 0.3 is 0 Å². The van der Waals surface area contributed by atoms with Crippen molar-refractivity contribution in [2.45, 2.75) is 31.9 Å². The van der Waals surface area contributed by atoms with Crippen molar-refractivity contribution < 1.29 is 9.53 Å². The molecular formula is C12H19N3O2S. The fourth-order valence-corrected chi connectivity index (χ4v) is 2.70. The van der Waals surface area contributed by atoms with E-state index in [1.807, 2.05) is 19.2 Å². The molecule has 1 amide bonds. The third kappa shape index (κ3) is 2.88. The largest absolute Gasteiger partial charge is 0.366 e. The summed E-state index contributed by atoms with van der Waals surface area (Å²) in [5.74, 6) is -0.0678. The fraction of sp³-hybridized carbons (Fsp3) is 0.667. The number of morpholine rings is 1. The molecule has 0 spiro atoms. The van der Waals surface area contributed by atoms with Crippen LogP contribution in [0.2, 0.25) is 0 Å². The summed E-state index contributed by atoms with van der Waals surface area (Å²) in [6, 6.07) is 0.